The van der Waals surface area contributed by atoms with Crippen LogP contribution >= 0.6 is 24.0 Å². The molecular weight excluding hydrogens is 441 g/mol. The van der Waals surface area contributed by atoms with Crippen LogP contribution in [0.25, 0.3) is 0 Å². The molecule has 0 aliphatic carbocycles. The highest BCUT2D eigenvalue weighted by atomic mass is 127. The Kier molecular flexibility index (Phi) is 13.4. The first-order valence-corrected chi connectivity index (χ1v) is 9.33. The predicted molar refractivity (Wildman–Crippen MR) is 121 cm³/mol. The minimum absolute atomic E-state index is 0. The number of rotatable bonds is 10. The zero-order chi connectivity index (χ0) is 18.7. The van der Waals surface area contributed by atoms with Crippen molar-refractivity contribution < 1.29 is 4.74 Å². The maximum atomic E-state index is 5.44. The maximum Gasteiger partial charge on any atom is 0.213 e. The summed E-state index contributed by atoms with van der Waals surface area (Å²) < 4.78 is 5.44. The molecule has 150 valence electrons. The van der Waals surface area contributed by atoms with E-state index in [9.17, 15) is 0 Å². The normalized spacial score (nSPS) is 11.7. The monoisotopic (exact) mass is 477 g/mol. The van der Waals surface area contributed by atoms with Crippen molar-refractivity contribution >= 4 is 29.9 Å². The summed E-state index contributed by atoms with van der Waals surface area (Å²) in [6.07, 6.45) is 1.76. The van der Waals surface area contributed by atoms with E-state index in [0.29, 0.717) is 31.1 Å². The third-order valence-corrected chi connectivity index (χ3v) is 3.84. The summed E-state index contributed by atoms with van der Waals surface area (Å²) in [4.78, 5) is 11.3. The van der Waals surface area contributed by atoms with Gasteiger partial charge in [0.1, 0.15) is 0 Å². The lowest BCUT2D eigenvalue weighted by atomic mass is 10.2. The molecular formula is C19H36IN5O. The molecule has 0 radical (unpaired) electrons. The first kappa shape index (κ1) is 24.9. The van der Waals surface area contributed by atoms with Gasteiger partial charge in [0.2, 0.25) is 5.88 Å². The molecule has 0 amide bonds. The van der Waals surface area contributed by atoms with Gasteiger partial charge in [-0.25, -0.2) is 9.98 Å². The third-order valence-electron chi connectivity index (χ3n) is 3.84. The molecule has 0 aliphatic rings. The van der Waals surface area contributed by atoms with E-state index in [-0.39, 0.29) is 24.0 Å². The number of hydrogen-bond acceptors (Lipinski definition) is 4. The average Bonchev–Trinajstić information content (AvgIpc) is 2.56. The Labute approximate surface area is 176 Å². The van der Waals surface area contributed by atoms with Crippen LogP contribution in [0.2, 0.25) is 0 Å². The maximum absolute atomic E-state index is 5.44. The number of pyridine rings is 1. The highest BCUT2D eigenvalue weighted by molar-refractivity contribution is 14.0. The molecule has 0 aromatic carbocycles. The van der Waals surface area contributed by atoms with Gasteiger partial charge in [-0.15, -0.1) is 24.0 Å². The van der Waals surface area contributed by atoms with Crippen LogP contribution in [0.15, 0.2) is 23.3 Å². The van der Waals surface area contributed by atoms with E-state index in [2.05, 4.69) is 60.1 Å². The number of ether oxygens (including phenoxy) is 1. The van der Waals surface area contributed by atoms with Crippen LogP contribution in [0.4, 0.5) is 0 Å². The summed E-state index contributed by atoms with van der Waals surface area (Å²) >= 11 is 0. The van der Waals surface area contributed by atoms with Crippen LogP contribution in [-0.4, -0.2) is 54.2 Å². The summed E-state index contributed by atoms with van der Waals surface area (Å²) in [6.45, 7) is 16.9. The Hall–Kier alpha value is -1.09. The van der Waals surface area contributed by atoms with Crippen molar-refractivity contribution in [2.24, 2.45) is 4.99 Å². The van der Waals surface area contributed by atoms with Crippen molar-refractivity contribution in [3.63, 3.8) is 0 Å². The first-order valence-electron chi connectivity index (χ1n) is 9.33. The minimum atomic E-state index is 0. The van der Waals surface area contributed by atoms with Crippen molar-refractivity contribution in [3.05, 3.63) is 23.9 Å². The van der Waals surface area contributed by atoms with E-state index in [4.69, 9.17) is 4.74 Å². The van der Waals surface area contributed by atoms with Crippen molar-refractivity contribution in [3.8, 4) is 5.88 Å². The van der Waals surface area contributed by atoms with Gasteiger partial charge in [0.05, 0.1) is 13.2 Å². The fourth-order valence-electron chi connectivity index (χ4n) is 2.70. The molecule has 0 spiro atoms. The van der Waals surface area contributed by atoms with Crippen LogP contribution in [0.3, 0.4) is 0 Å². The number of halogens is 1. The summed E-state index contributed by atoms with van der Waals surface area (Å²) in [5.74, 6) is 1.49. The van der Waals surface area contributed by atoms with Gasteiger partial charge in [-0.3, -0.25) is 4.90 Å². The standard InChI is InChI=1S/C19H35N5O.HI/c1-7-20-19(22-11-12-24(15(3)4)16(5)6)23-14-17-9-10-21-18(13-17)25-8-2;/h9-10,13,15-16H,7-8,11-12,14H2,1-6H3,(H2,20,22,23);1H. The van der Waals surface area contributed by atoms with E-state index < -0.39 is 0 Å². The molecule has 0 saturated carbocycles. The van der Waals surface area contributed by atoms with E-state index >= 15 is 0 Å². The summed E-state index contributed by atoms with van der Waals surface area (Å²) in [5, 5.41) is 6.72. The third kappa shape index (κ3) is 9.56. The molecule has 1 heterocycles. The van der Waals surface area contributed by atoms with E-state index in [1.165, 1.54) is 0 Å². The number of hydrogen-bond donors (Lipinski definition) is 2. The Morgan fingerprint density at radius 3 is 2.46 bits per heavy atom. The van der Waals surface area contributed by atoms with Crippen molar-refractivity contribution in [2.45, 2.75) is 60.2 Å². The molecule has 0 unspecified atom stereocenters. The van der Waals surface area contributed by atoms with Crippen LogP contribution in [0, 0.1) is 0 Å². The zero-order valence-corrected chi connectivity index (χ0v) is 19.4. The molecule has 7 heteroatoms. The molecule has 1 aromatic heterocycles. The molecule has 6 nitrogen and oxygen atoms in total. The molecule has 0 fully saturated rings. The summed E-state index contributed by atoms with van der Waals surface area (Å²) in [6, 6.07) is 4.98. The van der Waals surface area contributed by atoms with Crippen molar-refractivity contribution in [1.82, 2.24) is 20.5 Å². The van der Waals surface area contributed by atoms with Gasteiger partial charge in [-0.2, -0.15) is 0 Å². The van der Waals surface area contributed by atoms with Gasteiger partial charge in [0.25, 0.3) is 0 Å². The van der Waals surface area contributed by atoms with Crippen molar-refractivity contribution in [1.29, 1.82) is 0 Å². The highest BCUT2D eigenvalue weighted by Crippen LogP contribution is 2.10. The smallest absolute Gasteiger partial charge is 0.213 e. The second-order valence-corrected chi connectivity index (χ2v) is 6.48. The van der Waals surface area contributed by atoms with Gasteiger partial charge in [-0.05, 0) is 53.2 Å². The number of guanidine groups is 1. The Bertz CT molecular complexity index is 514. The van der Waals surface area contributed by atoms with E-state index in [1.54, 1.807) is 6.20 Å². The second-order valence-electron chi connectivity index (χ2n) is 6.48. The van der Waals surface area contributed by atoms with Crippen LogP contribution in [-0.2, 0) is 6.54 Å². The molecule has 0 saturated heterocycles. The molecule has 26 heavy (non-hydrogen) atoms. The van der Waals surface area contributed by atoms with E-state index in [1.807, 2.05) is 19.1 Å². The van der Waals surface area contributed by atoms with Crippen LogP contribution in [0.5, 0.6) is 5.88 Å². The molecule has 1 rings (SSSR count). The summed E-state index contributed by atoms with van der Waals surface area (Å²) in [5.41, 5.74) is 1.08. The quantitative estimate of drug-likeness (QED) is 0.308. The fourth-order valence-corrected chi connectivity index (χ4v) is 2.70. The molecule has 2 N–H and O–H groups in total. The van der Waals surface area contributed by atoms with Crippen LogP contribution < -0.4 is 15.4 Å². The summed E-state index contributed by atoms with van der Waals surface area (Å²) in [7, 11) is 0. The largest absolute Gasteiger partial charge is 0.478 e. The fraction of sp³-hybridized carbons (Fsp3) is 0.684. The topological polar surface area (TPSA) is 61.8 Å². The van der Waals surface area contributed by atoms with Gasteiger partial charge in [0, 0.05) is 44.0 Å². The minimum Gasteiger partial charge on any atom is -0.478 e. The lowest BCUT2D eigenvalue weighted by Crippen LogP contribution is -2.45. The second kappa shape index (κ2) is 14.0. The van der Waals surface area contributed by atoms with Crippen molar-refractivity contribution in [2.75, 3.05) is 26.2 Å². The van der Waals surface area contributed by atoms with Gasteiger partial charge in [-0.1, -0.05) is 0 Å². The lowest BCUT2D eigenvalue weighted by Gasteiger charge is -2.30. The van der Waals surface area contributed by atoms with E-state index in [0.717, 1.165) is 31.2 Å². The Morgan fingerprint density at radius 2 is 1.88 bits per heavy atom. The molecule has 0 atom stereocenters. The average molecular weight is 477 g/mol. The molecule has 0 bridgehead atoms. The SMILES string of the molecule is CCNC(=NCc1ccnc(OCC)c1)NCCN(C(C)C)C(C)C.I. The predicted octanol–water partition coefficient (Wildman–Crippen LogP) is 3.27. The zero-order valence-electron chi connectivity index (χ0n) is 17.1. The lowest BCUT2D eigenvalue weighted by molar-refractivity contribution is 0.178. The number of nitrogens with one attached hydrogen (secondary N) is 2. The number of aromatic nitrogens is 1. The first-order chi connectivity index (χ1) is 12.0. The molecule has 0 aliphatic heterocycles. The van der Waals surface area contributed by atoms with Gasteiger partial charge >= 0.3 is 0 Å². The Morgan fingerprint density at radius 1 is 1.19 bits per heavy atom. The Balaban J connectivity index is 0.00000625. The highest BCUT2D eigenvalue weighted by Gasteiger charge is 2.12. The number of nitrogens with zero attached hydrogens (tertiary/aromatic N) is 3. The molecule has 1 aromatic rings. The van der Waals surface area contributed by atoms with Crippen LogP contribution in [0.1, 0.15) is 47.1 Å². The van der Waals surface area contributed by atoms with Gasteiger partial charge in [0.15, 0.2) is 5.96 Å². The number of aliphatic imine (C=N–C) groups is 1. The van der Waals surface area contributed by atoms with Gasteiger partial charge < -0.3 is 15.4 Å².